The molecule has 4 atom stereocenters. The van der Waals surface area contributed by atoms with Crippen LogP contribution in [-0.2, 0) is 0 Å². The normalized spacial score (nSPS) is 27.9. The molecule has 0 amide bonds. The molecule has 1 N–H and O–H groups in total. The molecule has 0 heterocycles. The fraction of sp³-hybridized carbons (Fsp3) is 0.667. The zero-order valence-electron chi connectivity index (χ0n) is 13.5. The molecule has 0 saturated heterocycles. The van der Waals surface area contributed by atoms with Gasteiger partial charge >= 0.3 is 0 Å². The van der Waals surface area contributed by atoms with E-state index in [0.29, 0.717) is 29.4 Å². The van der Waals surface area contributed by atoms with E-state index in [2.05, 4.69) is 26.1 Å². The first-order valence-electron chi connectivity index (χ1n) is 8.10. The third-order valence-corrected chi connectivity index (χ3v) is 4.93. The van der Waals surface area contributed by atoms with Crippen LogP contribution in [0.1, 0.15) is 58.6 Å². The van der Waals surface area contributed by atoms with E-state index in [1.165, 1.54) is 18.9 Å². The molecule has 3 heteroatoms. The first kappa shape index (κ1) is 16.4. The van der Waals surface area contributed by atoms with Gasteiger partial charge in [-0.15, -0.1) is 0 Å². The summed E-state index contributed by atoms with van der Waals surface area (Å²) in [6.07, 6.45) is 3.60. The number of halogens is 2. The first-order chi connectivity index (χ1) is 9.90. The van der Waals surface area contributed by atoms with Crippen LogP contribution in [-0.4, -0.2) is 6.04 Å². The predicted octanol–water partition coefficient (Wildman–Crippen LogP) is 5.08. The Balaban J connectivity index is 2.12. The third-order valence-electron chi connectivity index (χ3n) is 4.93. The molecule has 2 rings (SSSR count). The lowest BCUT2D eigenvalue weighted by Crippen LogP contribution is -2.44. The summed E-state index contributed by atoms with van der Waals surface area (Å²) in [7, 11) is 0. The van der Waals surface area contributed by atoms with Gasteiger partial charge in [-0.2, -0.15) is 0 Å². The van der Waals surface area contributed by atoms with E-state index in [1.54, 1.807) is 12.1 Å². The molecule has 1 nitrogen and oxygen atoms in total. The Kier molecular flexibility index (Phi) is 5.37. The molecule has 1 aromatic carbocycles. The molecule has 1 saturated carbocycles. The molecule has 4 unspecified atom stereocenters. The van der Waals surface area contributed by atoms with Crippen LogP contribution >= 0.6 is 0 Å². The van der Waals surface area contributed by atoms with Crippen molar-refractivity contribution in [1.29, 1.82) is 0 Å². The van der Waals surface area contributed by atoms with Crippen molar-refractivity contribution in [2.45, 2.75) is 59.0 Å². The van der Waals surface area contributed by atoms with Gasteiger partial charge in [0, 0.05) is 17.6 Å². The lowest BCUT2D eigenvalue weighted by atomic mass is 9.73. The second-order valence-corrected chi connectivity index (χ2v) is 6.96. The van der Waals surface area contributed by atoms with Crippen LogP contribution < -0.4 is 5.32 Å². The maximum atomic E-state index is 13.9. The second kappa shape index (κ2) is 6.87. The molecule has 21 heavy (non-hydrogen) atoms. The van der Waals surface area contributed by atoms with Gasteiger partial charge in [-0.3, -0.25) is 0 Å². The molecular formula is C18H27F2N. The van der Waals surface area contributed by atoms with E-state index in [-0.39, 0.29) is 6.04 Å². The van der Waals surface area contributed by atoms with Crippen molar-refractivity contribution < 1.29 is 8.78 Å². The molecule has 0 spiro atoms. The molecule has 1 fully saturated rings. The highest BCUT2D eigenvalue weighted by atomic mass is 19.2. The standard InChI is InChI=1S/C18H27F2N/c1-11(2)14-9-8-12(3)10-17(14)21-13(4)15-6-5-7-16(19)18(15)20/h5-7,11-14,17,21H,8-10H2,1-4H3. The monoisotopic (exact) mass is 295 g/mol. The maximum Gasteiger partial charge on any atom is 0.163 e. The van der Waals surface area contributed by atoms with Crippen molar-refractivity contribution in [3.63, 3.8) is 0 Å². The summed E-state index contributed by atoms with van der Waals surface area (Å²) in [4.78, 5) is 0. The quantitative estimate of drug-likeness (QED) is 0.817. The Morgan fingerprint density at radius 3 is 2.52 bits per heavy atom. The minimum atomic E-state index is -0.765. The van der Waals surface area contributed by atoms with Crippen LogP contribution in [0.2, 0.25) is 0 Å². The fourth-order valence-electron chi connectivity index (χ4n) is 3.66. The van der Waals surface area contributed by atoms with Crippen LogP contribution in [0.4, 0.5) is 8.78 Å². The van der Waals surface area contributed by atoms with Gasteiger partial charge in [0.2, 0.25) is 0 Å². The van der Waals surface area contributed by atoms with Crippen molar-refractivity contribution >= 4 is 0 Å². The molecular weight excluding hydrogens is 268 g/mol. The highest BCUT2D eigenvalue weighted by Gasteiger charge is 2.31. The van der Waals surface area contributed by atoms with Crippen molar-refractivity contribution in [3.8, 4) is 0 Å². The fourth-order valence-corrected chi connectivity index (χ4v) is 3.66. The SMILES string of the molecule is CC1CCC(C(C)C)C(NC(C)c2cccc(F)c2F)C1. The average molecular weight is 295 g/mol. The van der Waals surface area contributed by atoms with Crippen LogP contribution in [0.3, 0.4) is 0 Å². The van der Waals surface area contributed by atoms with Gasteiger partial charge in [0.25, 0.3) is 0 Å². The molecule has 1 aliphatic rings. The van der Waals surface area contributed by atoms with E-state index in [0.717, 1.165) is 6.42 Å². The van der Waals surface area contributed by atoms with Crippen molar-refractivity contribution in [3.05, 3.63) is 35.4 Å². The summed E-state index contributed by atoms with van der Waals surface area (Å²) in [5.74, 6) is 0.433. The third kappa shape index (κ3) is 3.82. The Labute approximate surface area is 127 Å². The van der Waals surface area contributed by atoms with E-state index in [4.69, 9.17) is 0 Å². The van der Waals surface area contributed by atoms with Crippen LogP contribution in [0.25, 0.3) is 0 Å². The molecule has 0 aromatic heterocycles. The lowest BCUT2D eigenvalue weighted by Gasteiger charge is -2.39. The number of nitrogens with one attached hydrogen (secondary N) is 1. The summed E-state index contributed by atoms with van der Waals surface area (Å²) in [6.45, 7) is 8.71. The number of benzene rings is 1. The van der Waals surface area contributed by atoms with Crippen LogP contribution in [0, 0.1) is 29.4 Å². The van der Waals surface area contributed by atoms with Crippen molar-refractivity contribution in [2.24, 2.45) is 17.8 Å². The Hall–Kier alpha value is -0.960. The lowest BCUT2D eigenvalue weighted by molar-refractivity contribution is 0.160. The van der Waals surface area contributed by atoms with Crippen LogP contribution in [0.5, 0.6) is 0 Å². The molecule has 0 aliphatic heterocycles. The summed E-state index contributed by atoms with van der Waals surface area (Å²) in [5, 5.41) is 3.56. The summed E-state index contributed by atoms with van der Waals surface area (Å²) in [5.41, 5.74) is 0.427. The summed E-state index contributed by atoms with van der Waals surface area (Å²) in [6, 6.07) is 4.64. The first-order valence-corrected chi connectivity index (χ1v) is 8.10. The Morgan fingerprint density at radius 1 is 1.14 bits per heavy atom. The average Bonchev–Trinajstić information content (AvgIpc) is 2.41. The van der Waals surface area contributed by atoms with E-state index < -0.39 is 11.6 Å². The van der Waals surface area contributed by atoms with Crippen molar-refractivity contribution in [2.75, 3.05) is 0 Å². The van der Waals surface area contributed by atoms with Gasteiger partial charge in [-0.1, -0.05) is 39.3 Å². The molecule has 1 aromatic rings. The molecule has 0 radical (unpaired) electrons. The van der Waals surface area contributed by atoms with Gasteiger partial charge in [-0.05, 0) is 43.6 Å². The maximum absolute atomic E-state index is 13.9. The Bertz CT molecular complexity index is 472. The van der Waals surface area contributed by atoms with Crippen molar-refractivity contribution in [1.82, 2.24) is 5.32 Å². The summed E-state index contributed by atoms with van der Waals surface area (Å²) >= 11 is 0. The highest BCUT2D eigenvalue weighted by molar-refractivity contribution is 5.22. The van der Waals surface area contributed by atoms with Gasteiger partial charge < -0.3 is 5.32 Å². The topological polar surface area (TPSA) is 12.0 Å². The smallest absolute Gasteiger partial charge is 0.163 e. The summed E-state index contributed by atoms with van der Waals surface area (Å²) < 4.78 is 27.3. The molecule has 118 valence electrons. The zero-order chi connectivity index (χ0) is 15.6. The predicted molar refractivity (Wildman–Crippen MR) is 83.0 cm³/mol. The van der Waals surface area contributed by atoms with E-state index in [1.807, 2.05) is 6.92 Å². The minimum absolute atomic E-state index is 0.169. The van der Waals surface area contributed by atoms with Gasteiger partial charge in [0.15, 0.2) is 11.6 Å². The van der Waals surface area contributed by atoms with Gasteiger partial charge in [0.05, 0.1) is 0 Å². The highest BCUT2D eigenvalue weighted by Crippen LogP contribution is 2.35. The van der Waals surface area contributed by atoms with Crippen LogP contribution in [0.15, 0.2) is 18.2 Å². The Morgan fingerprint density at radius 2 is 1.86 bits per heavy atom. The van der Waals surface area contributed by atoms with E-state index in [9.17, 15) is 8.78 Å². The largest absolute Gasteiger partial charge is 0.307 e. The minimum Gasteiger partial charge on any atom is -0.307 e. The molecule has 0 bridgehead atoms. The van der Waals surface area contributed by atoms with Gasteiger partial charge in [0.1, 0.15) is 0 Å². The number of rotatable bonds is 4. The second-order valence-electron chi connectivity index (χ2n) is 6.96. The zero-order valence-corrected chi connectivity index (χ0v) is 13.5. The van der Waals surface area contributed by atoms with Gasteiger partial charge in [-0.25, -0.2) is 8.78 Å². The number of hydrogen-bond donors (Lipinski definition) is 1. The number of hydrogen-bond acceptors (Lipinski definition) is 1. The molecule has 1 aliphatic carbocycles. The van der Waals surface area contributed by atoms with E-state index >= 15 is 0 Å².